The van der Waals surface area contributed by atoms with Gasteiger partial charge in [0, 0.05) is 4.47 Å². The van der Waals surface area contributed by atoms with Crippen molar-refractivity contribution in [1.29, 1.82) is 0 Å². The van der Waals surface area contributed by atoms with Crippen molar-refractivity contribution in [1.82, 2.24) is 4.57 Å². The fourth-order valence-electron chi connectivity index (χ4n) is 3.83. The Hall–Kier alpha value is -3.13. The van der Waals surface area contributed by atoms with Crippen LogP contribution in [-0.4, -0.2) is 16.8 Å². The normalized spacial score (nSPS) is 15.4. The summed E-state index contributed by atoms with van der Waals surface area (Å²) in [5.74, 6) is 0.108. The van der Waals surface area contributed by atoms with Crippen LogP contribution >= 0.6 is 38.9 Å². The first-order chi connectivity index (χ1) is 16.4. The van der Waals surface area contributed by atoms with Crippen LogP contribution in [0.3, 0.4) is 0 Å². The minimum atomic E-state index is -0.306. The molecule has 2 heterocycles. The number of ether oxygens (including phenoxy) is 1. The van der Waals surface area contributed by atoms with E-state index < -0.39 is 0 Å². The molecule has 34 heavy (non-hydrogen) atoms. The summed E-state index contributed by atoms with van der Waals surface area (Å²) in [7, 11) is 1.45. The quantitative estimate of drug-likeness (QED) is 0.381. The van der Waals surface area contributed by atoms with Crippen molar-refractivity contribution in [3.63, 3.8) is 0 Å². The number of aromatic nitrogens is 1. The van der Waals surface area contributed by atoms with Crippen molar-refractivity contribution in [2.24, 2.45) is 4.99 Å². The average molecular weight is 554 g/mol. The van der Waals surface area contributed by atoms with E-state index in [4.69, 9.17) is 21.3 Å². The second-order valence-corrected chi connectivity index (χ2v) is 9.98. The third-order valence-electron chi connectivity index (χ3n) is 5.50. The fraction of sp³-hybridized carbons (Fsp3) is 0.0769. The molecule has 1 aliphatic rings. The van der Waals surface area contributed by atoms with Gasteiger partial charge in [0.25, 0.3) is 5.56 Å². The van der Waals surface area contributed by atoms with Gasteiger partial charge in [-0.1, -0.05) is 81.3 Å². The highest BCUT2D eigenvalue weighted by molar-refractivity contribution is 9.10. The van der Waals surface area contributed by atoms with Crippen molar-refractivity contribution in [3.8, 4) is 11.5 Å². The second-order valence-electron chi connectivity index (χ2n) is 7.65. The second kappa shape index (κ2) is 9.25. The smallest absolute Gasteiger partial charge is 0.271 e. The molecule has 1 aliphatic heterocycles. The Morgan fingerprint density at radius 3 is 2.59 bits per heavy atom. The lowest BCUT2D eigenvalue weighted by Gasteiger charge is -2.19. The average Bonchev–Trinajstić information content (AvgIpc) is 3.16. The number of allylic oxidation sites excluding steroid dienone is 1. The van der Waals surface area contributed by atoms with Crippen LogP contribution in [0.4, 0.5) is 0 Å². The number of halogens is 2. The number of nitrogens with zero attached hydrogens (tertiary/aromatic N) is 2. The lowest BCUT2D eigenvalue weighted by atomic mass is 10.0. The van der Waals surface area contributed by atoms with Crippen LogP contribution in [0.15, 0.2) is 87.1 Å². The predicted octanol–water partition coefficient (Wildman–Crippen LogP) is 5.13. The van der Waals surface area contributed by atoms with E-state index >= 15 is 0 Å². The first-order valence-electron chi connectivity index (χ1n) is 10.4. The number of fused-ring (bicyclic) bond motifs is 1. The molecule has 0 aliphatic carbocycles. The van der Waals surface area contributed by atoms with Gasteiger partial charge in [-0.05, 0) is 53.1 Å². The molecule has 0 saturated heterocycles. The zero-order valence-corrected chi connectivity index (χ0v) is 21.1. The summed E-state index contributed by atoms with van der Waals surface area (Å²) >= 11 is 10.9. The van der Waals surface area contributed by atoms with Crippen LogP contribution < -0.4 is 19.6 Å². The van der Waals surface area contributed by atoms with E-state index in [1.807, 2.05) is 60.7 Å². The zero-order chi connectivity index (χ0) is 23.8. The third-order valence-corrected chi connectivity index (χ3v) is 7.30. The van der Waals surface area contributed by atoms with Crippen LogP contribution in [0.1, 0.15) is 22.7 Å². The van der Waals surface area contributed by atoms with Gasteiger partial charge in [-0.25, -0.2) is 4.99 Å². The molecule has 170 valence electrons. The van der Waals surface area contributed by atoms with Crippen LogP contribution in [0.25, 0.3) is 11.8 Å². The maximum Gasteiger partial charge on any atom is 0.271 e. The summed E-state index contributed by atoms with van der Waals surface area (Å²) in [6.07, 6.45) is 3.76. The van der Waals surface area contributed by atoms with Gasteiger partial charge in [-0.2, -0.15) is 0 Å². The molecule has 1 N–H and O–H groups in total. The zero-order valence-electron chi connectivity index (χ0n) is 17.9. The lowest BCUT2D eigenvalue weighted by molar-refractivity contribution is 0.373. The number of rotatable bonds is 4. The first kappa shape index (κ1) is 22.7. The first-order valence-corrected chi connectivity index (χ1v) is 12.3. The fourth-order valence-corrected chi connectivity index (χ4v) is 5.33. The minimum Gasteiger partial charge on any atom is -0.503 e. The molecule has 1 atom stereocenters. The highest BCUT2D eigenvalue weighted by atomic mass is 79.9. The van der Waals surface area contributed by atoms with E-state index in [0.717, 1.165) is 21.3 Å². The number of aromatic hydroxyl groups is 1. The van der Waals surface area contributed by atoms with E-state index in [-0.39, 0.29) is 28.1 Å². The van der Waals surface area contributed by atoms with Crippen molar-refractivity contribution >= 4 is 50.6 Å². The summed E-state index contributed by atoms with van der Waals surface area (Å²) < 4.78 is 8.39. The maximum absolute atomic E-state index is 13.5. The molecule has 5 nitrogen and oxygen atoms in total. The highest BCUT2D eigenvalue weighted by Gasteiger charge is 2.22. The molecule has 4 aromatic rings. The van der Waals surface area contributed by atoms with E-state index in [2.05, 4.69) is 15.9 Å². The molecule has 0 bridgehead atoms. The number of methoxy groups -OCH3 is 1. The topological polar surface area (TPSA) is 63.8 Å². The van der Waals surface area contributed by atoms with Gasteiger partial charge in [0.1, 0.15) is 0 Å². The van der Waals surface area contributed by atoms with Gasteiger partial charge in [-0.3, -0.25) is 9.36 Å². The van der Waals surface area contributed by atoms with E-state index in [1.54, 1.807) is 22.8 Å². The number of hydrogen-bond donors (Lipinski definition) is 1. The minimum absolute atomic E-state index is 0.134. The Kier molecular flexibility index (Phi) is 6.16. The van der Waals surface area contributed by atoms with E-state index in [9.17, 15) is 9.90 Å². The molecule has 0 saturated carbocycles. The maximum atomic E-state index is 13.5. The Balaban J connectivity index is 1.72. The summed E-state index contributed by atoms with van der Waals surface area (Å²) in [5, 5.41) is 10.2. The van der Waals surface area contributed by atoms with E-state index in [1.165, 1.54) is 18.4 Å². The van der Waals surface area contributed by atoms with Gasteiger partial charge in [-0.15, -0.1) is 0 Å². The molecule has 0 fully saturated rings. The number of phenolic OH excluding ortho intramolecular Hbond substituents is 1. The molecular weight excluding hydrogens is 536 g/mol. The van der Waals surface area contributed by atoms with Crippen molar-refractivity contribution in [2.45, 2.75) is 6.04 Å². The molecule has 0 radical (unpaired) electrons. The Morgan fingerprint density at radius 2 is 1.88 bits per heavy atom. The molecular formula is C26H18BrClN2O3S. The summed E-state index contributed by atoms with van der Waals surface area (Å²) in [6, 6.07) is 20.8. The van der Waals surface area contributed by atoms with Gasteiger partial charge in [0.05, 0.1) is 28.4 Å². The molecule has 1 aromatic heterocycles. The van der Waals surface area contributed by atoms with Crippen LogP contribution in [0, 0.1) is 0 Å². The van der Waals surface area contributed by atoms with Gasteiger partial charge in [0.15, 0.2) is 16.3 Å². The van der Waals surface area contributed by atoms with Gasteiger partial charge < -0.3 is 9.84 Å². The van der Waals surface area contributed by atoms with Gasteiger partial charge >= 0.3 is 0 Å². The Bertz CT molecular complexity index is 1590. The Labute approximate surface area is 212 Å². The summed E-state index contributed by atoms with van der Waals surface area (Å²) in [6.45, 7) is 0. The van der Waals surface area contributed by atoms with Crippen LogP contribution in [0.5, 0.6) is 11.5 Å². The SMILES string of the molecule is COc1cc(C=c2sc3n(c2=O)C(c2ccc(Br)cc2)C=C(c2ccccc2)N=3)cc(Cl)c1O. The molecule has 1 unspecified atom stereocenters. The third kappa shape index (κ3) is 4.22. The van der Waals surface area contributed by atoms with Gasteiger partial charge in [0.2, 0.25) is 0 Å². The number of phenols is 1. The monoisotopic (exact) mass is 552 g/mol. The standard InChI is InChI=1S/C26H18BrClN2O3S/c1-33-22-12-15(11-19(28)24(22)31)13-23-25(32)30-21(17-7-9-18(27)10-8-17)14-20(29-26(30)34-23)16-5-3-2-4-6-16/h2-14,21,31H,1H3. The largest absolute Gasteiger partial charge is 0.503 e. The number of hydrogen-bond acceptors (Lipinski definition) is 5. The van der Waals surface area contributed by atoms with Crippen molar-refractivity contribution in [2.75, 3.05) is 7.11 Å². The molecule has 0 amide bonds. The Morgan fingerprint density at radius 1 is 1.15 bits per heavy atom. The lowest BCUT2D eigenvalue weighted by Crippen LogP contribution is -2.36. The van der Waals surface area contributed by atoms with Crippen LogP contribution in [0.2, 0.25) is 5.02 Å². The van der Waals surface area contributed by atoms with Crippen molar-refractivity contribution in [3.05, 3.63) is 119 Å². The molecule has 8 heteroatoms. The van der Waals surface area contributed by atoms with Crippen molar-refractivity contribution < 1.29 is 9.84 Å². The molecule has 3 aromatic carbocycles. The van der Waals surface area contributed by atoms with E-state index in [0.29, 0.717) is 14.9 Å². The number of thiazole rings is 1. The summed E-state index contributed by atoms with van der Waals surface area (Å²) in [4.78, 5) is 19.0. The highest BCUT2D eigenvalue weighted by Crippen LogP contribution is 2.35. The molecule has 0 spiro atoms. The number of benzene rings is 3. The predicted molar refractivity (Wildman–Crippen MR) is 139 cm³/mol. The van der Waals surface area contributed by atoms with Crippen LogP contribution in [-0.2, 0) is 0 Å². The molecule has 5 rings (SSSR count). The summed E-state index contributed by atoms with van der Waals surface area (Å²) in [5.41, 5.74) is 3.28.